The van der Waals surface area contributed by atoms with E-state index in [4.69, 9.17) is 14.2 Å². The van der Waals surface area contributed by atoms with E-state index in [1.807, 2.05) is 20.8 Å². The molecule has 0 saturated carbocycles. The third-order valence-corrected chi connectivity index (χ3v) is 1.82. The maximum atomic E-state index is 12.0. The van der Waals surface area contributed by atoms with Crippen LogP contribution in [0.3, 0.4) is 0 Å². The molecule has 5 nitrogen and oxygen atoms in total. The Morgan fingerprint density at radius 2 is 1.53 bits per heavy atom. The molecule has 0 radical (unpaired) electrons. The highest BCUT2D eigenvalue weighted by atomic mass is 16.6. The highest BCUT2D eigenvalue weighted by Crippen LogP contribution is 2.18. The molecule has 0 heterocycles. The number of hydrogen-bond acceptors (Lipinski definition) is 5. The molecule has 0 saturated heterocycles. The molecule has 19 heavy (non-hydrogen) atoms. The Bertz CT molecular complexity index is 309. The van der Waals surface area contributed by atoms with Gasteiger partial charge in [0, 0.05) is 0 Å². The summed E-state index contributed by atoms with van der Waals surface area (Å²) in [7, 11) is 0. The van der Waals surface area contributed by atoms with Gasteiger partial charge in [-0.2, -0.15) is 0 Å². The predicted molar refractivity (Wildman–Crippen MR) is 71.7 cm³/mol. The fourth-order valence-electron chi connectivity index (χ4n) is 1.34. The Morgan fingerprint density at radius 3 is 1.89 bits per heavy atom. The fraction of sp³-hybridized carbons (Fsp3) is 0.857. The Balaban J connectivity index is 4.76. The van der Waals surface area contributed by atoms with Crippen molar-refractivity contribution in [1.29, 1.82) is 0 Å². The minimum Gasteiger partial charge on any atom is -0.466 e. The van der Waals surface area contributed by atoms with Crippen LogP contribution < -0.4 is 0 Å². The van der Waals surface area contributed by atoms with E-state index < -0.39 is 29.2 Å². The van der Waals surface area contributed by atoms with Crippen molar-refractivity contribution < 1.29 is 23.8 Å². The van der Waals surface area contributed by atoms with Crippen molar-refractivity contribution in [1.82, 2.24) is 0 Å². The third-order valence-electron chi connectivity index (χ3n) is 1.82. The first-order chi connectivity index (χ1) is 8.44. The third kappa shape index (κ3) is 9.47. The Labute approximate surface area is 115 Å². The molecule has 0 rings (SSSR count). The largest absolute Gasteiger partial charge is 0.466 e. The Kier molecular flexibility index (Phi) is 6.49. The molecule has 0 bridgehead atoms. The average molecular weight is 274 g/mol. The zero-order valence-corrected chi connectivity index (χ0v) is 13.0. The maximum absolute atomic E-state index is 12.0. The van der Waals surface area contributed by atoms with E-state index in [0.717, 1.165) is 0 Å². The first-order valence-corrected chi connectivity index (χ1v) is 6.51. The number of esters is 2. The van der Waals surface area contributed by atoms with Crippen molar-refractivity contribution >= 4 is 11.9 Å². The highest BCUT2D eigenvalue weighted by molar-refractivity contribution is 5.82. The van der Waals surface area contributed by atoms with E-state index in [1.165, 1.54) is 0 Å². The molecule has 0 unspecified atom stereocenters. The normalized spacial score (nSPS) is 13.8. The van der Waals surface area contributed by atoms with Gasteiger partial charge in [0.2, 0.25) is 0 Å². The van der Waals surface area contributed by atoms with Crippen LogP contribution in [0.25, 0.3) is 0 Å². The summed E-state index contributed by atoms with van der Waals surface area (Å²) in [6, 6.07) is 0. The van der Waals surface area contributed by atoms with E-state index >= 15 is 0 Å². The molecule has 0 aliphatic heterocycles. The molecule has 0 fully saturated rings. The molecule has 0 spiro atoms. The van der Waals surface area contributed by atoms with Crippen LogP contribution in [0.1, 0.15) is 54.9 Å². The minimum atomic E-state index is -0.946. The van der Waals surface area contributed by atoms with Gasteiger partial charge in [-0.1, -0.05) is 0 Å². The summed E-state index contributed by atoms with van der Waals surface area (Å²) in [6.07, 6.45) is -1.08. The molecular formula is C14H26O5. The molecule has 0 aliphatic carbocycles. The molecule has 0 aromatic heterocycles. The standard InChI is InChI=1S/C14H26O5/c1-8-17-11(15)9-10(18-13(2,3)4)12(16)19-14(5,6)7/h10H,8-9H2,1-7H3/t10-/m0/s1. The van der Waals surface area contributed by atoms with Crippen molar-refractivity contribution in [3.05, 3.63) is 0 Å². The van der Waals surface area contributed by atoms with Gasteiger partial charge >= 0.3 is 11.9 Å². The summed E-state index contributed by atoms with van der Waals surface area (Å²) in [6.45, 7) is 12.7. The molecule has 112 valence electrons. The molecule has 5 heteroatoms. The summed E-state index contributed by atoms with van der Waals surface area (Å²) in [5.74, 6) is -1.02. The predicted octanol–water partition coefficient (Wildman–Crippen LogP) is 2.47. The summed E-state index contributed by atoms with van der Waals surface area (Å²) in [4.78, 5) is 23.5. The lowest BCUT2D eigenvalue weighted by Gasteiger charge is -2.28. The first kappa shape index (κ1) is 17.9. The van der Waals surface area contributed by atoms with Crippen LogP contribution in [-0.2, 0) is 23.8 Å². The topological polar surface area (TPSA) is 61.8 Å². The molecule has 1 atom stereocenters. The fourth-order valence-corrected chi connectivity index (χ4v) is 1.34. The summed E-state index contributed by atoms with van der Waals surface area (Å²) in [5.41, 5.74) is -1.17. The smallest absolute Gasteiger partial charge is 0.336 e. The van der Waals surface area contributed by atoms with E-state index in [1.54, 1.807) is 27.7 Å². The van der Waals surface area contributed by atoms with Gasteiger partial charge in [0.25, 0.3) is 0 Å². The second kappa shape index (κ2) is 6.89. The lowest BCUT2D eigenvalue weighted by atomic mass is 10.1. The molecule has 0 aromatic carbocycles. The van der Waals surface area contributed by atoms with Crippen LogP contribution in [0.15, 0.2) is 0 Å². The molecule has 0 N–H and O–H groups in total. The van der Waals surface area contributed by atoms with Gasteiger partial charge in [-0.15, -0.1) is 0 Å². The van der Waals surface area contributed by atoms with E-state index in [-0.39, 0.29) is 13.0 Å². The van der Waals surface area contributed by atoms with Gasteiger partial charge in [-0.25, -0.2) is 4.79 Å². The lowest BCUT2D eigenvalue weighted by Crippen LogP contribution is -2.39. The van der Waals surface area contributed by atoms with Crippen molar-refractivity contribution in [2.75, 3.05) is 6.61 Å². The van der Waals surface area contributed by atoms with Crippen LogP contribution in [-0.4, -0.2) is 35.9 Å². The van der Waals surface area contributed by atoms with Gasteiger partial charge in [-0.05, 0) is 48.5 Å². The summed E-state index contributed by atoms with van der Waals surface area (Å²) in [5, 5.41) is 0. The van der Waals surface area contributed by atoms with E-state index in [2.05, 4.69) is 0 Å². The van der Waals surface area contributed by atoms with Gasteiger partial charge in [0.05, 0.1) is 18.6 Å². The van der Waals surface area contributed by atoms with Crippen LogP contribution in [0.5, 0.6) is 0 Å². The monoisotopic (exact) mass is 274 g/mol. The summed E-state index contributed by atoms with van der Waals surface area (Å²) >= 11 is 0. The molecular weight excluding hydrogens is 248 g/mol. The molecule has 0 amide bonds. The number of carbonyl (C=O) groups is 2. The zero-order valence-electron chi connectivity index (χ0n) is 13.0. The highest BCUT2D eigenvalue weighted by Gasteiger charge is 2.32. The Hall–Kier alpha value is -1.10. The van der Waals surface area contributed by atoms with Crippen LogP contribution in [0.4, 0.5) is 0 Å². The van der Waals surface area contributed by atoms with Gasteiger partial charge in [-0.3, -0.25) is 4.79 Å². The molecule has 0 aromatic rings. The second-order valence-corrected chi connectivity index (χ2v) is 6.26. The number of hydrogen-bond donors (Lipinski definition) is 0. The SMILES string of the molecule is CCOC(=O)C[C@H](OC(C)(C)C)C(=O)OC(C)(C)C. The van der Waals surface area contributed by atoms with Crippen molar-refractivity contribution in [3.63, 3.8) is 0 Å². The van der Waals surface area contributed by atoms with E-state index in [0.29, 0.717) is 0 Å². The van der Waals surface area contributed by atoms with Gasteiger partial charge in [0.15, 0.2) is 6.10 Å². The quantitative estimate of drug-likeness (QED) is 0.721. The zero-order chi connectivity index (χ0) is 15.3. The lowest BCUT2D eigenvalue weighted by molar-refractivity contribution is -0.181. The Morgan fingerprint density at radius 1 is 1.00 bits per heavy atom. The molecule has 0 aliphatic rings. The van der Waals surface area contributed by atoms with Gasteiger partial charge in [0.1, 0.15) is 5.60 Å². The summed E-state index contributed by atoms with van der Waals surface area (Å²) < 4.78 is 15.7. The van der Waals surface area contributed by atoms with E-state index in [9.17, 15) is 9.59 Å². The average Bonchev–Trinajstić information content (AvgIpc) is 2.11. The number of ether oxygens (including phenoxy) is 3. The number of carbonyl (C=O) groups excluding carboxylic acids is 2. The number of rotatable bonds is 5. The maximum Gasteiger partial charge on any atom is 0.336 e. The van der Waals surface area contributed by atoms with Crippen LogP contribution >= 0.6 is 0 Å². The first-order valence-electron chi connectivity index (χ1n) is 6.51. The van der Waals surface area contributed by atoms with Crippen LogP contribution in [0.2, 0.25) is 0 Å². The minimum absolute atomic E-state index is 0.139. The van der Waals surface area contributed by atoms with Crippen molar-refractivity contribution in [3.8, 4) is 0 Å². The van der Waals surface area contributed by atoms with Gasteiger partial charge < -0.3 is 14.2 Å². The second-order valence-electron chi connectivity index (χ2n) is 6.26. The van der Waals surface area contributed by atoms with Crippen molar-refractivity contribution in [2.45, 2.75) is 72.2 Å². The van der Waals surface area contributed by atoms with Crippen molar-refractivity contribution in [2.24, 2.45) is 0 Å². The van der Waals surface area contributed by atoms with Crippen LogP contribution in [0, 0.1) is 0 Å².